The van der Waals surface area contributed by atoms with Gasteiger partial charge in [0.1, 0.15) is 11.4 Å². The van der Waals surface area contributed by atoms with Crippen LogP contribution in [0.4, 0.5) is 9.18 Å². The SMILES string of the molecule is CC1CCC2(CC1)NC(=O)N(NC(=O)c1nn(-c3ccc(F)cc3)c3c1CCCCC3)C2=O. The summed E-state index contributed by atoms with van der Waals surface area (Å²) in [5, 5.41) is 8.19. The van der Waals surface area contributed by atoms with Gasteiger partial charge in [-0.3, -0.25) is 15.0 Å². The summed E-state index contributed by atoms with van der Waals surface area (Å²) in [6.07, 6.45) is 7.19. The summed E-state index contributed by atoms with van der Waals surface area (Å²) in [5.41, 5.74) is 4.20. The number of imide groups is 1. The molecule has 3 aliphatic rings. The molecule has 1 aromatic carbocycles. The fourth-order valence-electron chi connectivity index (χ4n) is 5.22. The molecule has 2 heterocycles. The van der Waals surface area contributed by atoms with Crippen molar-refractivity contribution in [1.29, 1.82) is 0 Å². The number of nitrogens with zero attached hydrogens (tertiary/aromatic N) is 3. The van der Waals surface area contributed by atoms with E-state index in [9.17, 15) is 18.8 Å². The topological polar surface area (TPSA) is 96.3 Å². The van der Waals surface area contributed by atoms with Gasteiger partial charge in [-0.2, -0.15) is 10.1 Å². The Balaban J connectivity index is 1.43. The molecule has 0 atom stereocenters. The van der Waals surface area contributed by atoms with Gasteiger partial charge in [-0.05, 0) is 81.5 Å². The number of carbonyl (C=O) groups is 3. The van der Waals surface area contributed by atoms with Gasteiger partial charge in [0.15, 0.2) is 5.69 Å². The lowest BCUT2D eigenvalue weighted by atomic mass is 9.77. The average molecular weight is 454 g/mol. The van der Waals surface area contributed by atoms with Gasteiger partial charge < -0.3 is 5.32 Å². The van der Waals surface area contributed by atoms with Crippen molar-refractivity contribution in [2.75, 3.05) is 0 Å². The first-order valence-electron chi connectivity index (χ1n) is 11.7. The van der Waals surface area contributed by atoms with Crippen molar-refractivity contribution in [3.8, 4) is 5.69 Å². The number of fused-ring (bicyclic) bond motifs is 1. The van der Waals surface area contributed by atoms with Gasteiger partial charge >= 0.3 is 6.03 Å². The zero-order valence-electron chi connectivity index (χ0n) is 18.7. The van der Waals surface area contributed by atoms with E-state index in [1.807, 2.05) is 0 Å². The number of carbonyl (C=O) groups excluding carboxylic acids is 3. The quantitative estimate of drug-likeness (QED) is 0.550. The Morgan fingerprint density at radius 3 is 2.55 bits per heavy atom. The van der Waals surface area contributed by atoms with Crippen molar-refractivity contribution in [2.24, 2.45) is 5.92 Å². The summed E-state index contributed by atoms with van der Waals surface area (Å²) in [6, 6.07) is 5.36. The second-order valence-electron chi connectivity index (χ2n) is 9.50. The Labute approximate surface area is 191 Å². The maximum absolute atomic E-state index is 13.4. The van der Waals surface area contributed by atoms with E-state index in [4.69, 9.17) is 0 Å². The number of rotatable bonds is 3. The zero-order valence-corrected chi connectivity index (χ0v) is 18.7. The van der Waals surface area contributed by atoms with Crippen molar-refractivity contribution >= 4 is 17.8 Å². The van der Waals surface area contributed by atoms with E-state index in [-0.39, 0.29) is 11.5 Å². The molecule has 0 radical (unpaired) electrons. The fourth-order valence-corrected chi connectivity index (χ4v) is 5.22. The third-order valence-electron chi connectivity index (χ3n) is 7.22. The van der Waals surface area contributed by atoms with E-state index in [1.54, 1.807) is 16.8 Å². The van der Waals surface area contributed by atoms with Crippen LogP contribution in [0.15, 0.2) is 24.3 Å². The van der Waals surface area contributed by atoms with Crippen LogP contribution < -0.4 is 10.7 Å². The minimum Gasteiger partial charge on any atom is -0.322 e. The molecule has 5 rings (SSSR count). The van der Waals surface area contributed by atoms with Crippen LogP contribution in [0.2, 0.25) is 0 Å². The van der Waals surface area contributed by atoms with Gasteiger partial charge in [-0.15, -0.1) is 0 Å². The number of nitrogens with one attached hydrogen (secondary N) is 2. The summed E-state index contributed by atoms with van der Waals surface area (Å²) in [4.78, 5) is 39.0. The molecule has 2 aromatic rings. The number of hydrogen-bond acceptors (Lipinski definition) is 4. The first kappa shape index (κ1) is 21.6. The molecule has 1 spiro atoms. The maximum Gasteiger partial charge on any atom is 0.344 e. The second kappa shape index (κ2) is 8.28. The lowest BCUT2D eigenvalue weighted by Gasteiger charge is -2.33. The minimum absolute atomic E-state index is 0.204. The second-order valence-corrected chi connectivity index (χ2v) is 9.50. The first-order valence-corrected chi connectivity index (χ1v) is 11.7. The average Bonchev–Trinajstić information content (AvgIpc) is 3.13. The van der Waals surface area contributed by atoms with Crippen LogP contribution in [0, 0.1) is 11.7 Å². The Morgan fingerprint density at radius 1 is 1.12 bits per heavy atom. The van der Waals surface area contributed by atoms with E-state index in [0.29, 0.717) is 30.9 Å². The van der Waals surface area contributed by atoms with E-state index < -0.39 is 23.4 Å². The molecular weight excluding hydrogens is 425 g/mol. The highest BCUT2D eigenvalue weighted by Crippen LogP contribution is 2.36. The van der Waals surface area contributed by atoms with E-state index in [2.05, 4.69) is 22.8 Å². The fraction of sp³-hybridized carbons (Fsp3) is 0.500. The predicted molar refractivity (Wildman–Crippen MR) is 118 cm³/mol. The first-order chi connectivity index (χ1) is 15.9. The molecule has 1 saturated heterocycles. The number of halogens is 1. The van der Waals surface area contributed by atoms with Crippen molar-refractivity contribution in [1.82, 2.24) is 25.5 Å². The number of amides is 4. The highest BCUT2D eigenvalue weighted by Gasteiger charge is 2.53. The largest absolute Gasteiger partial charge is 0.344 e. The maximum atomic E-state index is 13.4. The summed E-state index contributed by atoms with van der Waals surface area (Å²) in [6.45, 7) is 2.14. The molecule has 2 N–H and O–H groups in total. The van der Waals surface area contributed by atoms with Gasteiger partial charge in [-0.25, -0.2) is 13.9 Å². The van der Waals surface area contributed by atoms with Crippen LogP contribution in [0.3, 0.4) is 0 Å². The number of benzene rings is 1. The molecule has 0 unspecified atom stereocenters. The number of aromatic nitrogens is 2. The molecular formula is C24H28FN5O3. The third kappa shape index (κ3) is 3.79. The molecule has 174 valence electrons. The van der Waals surface area contributed by atoms with Crippen LogP contribution in [0.25, 0.3) is 5.69 Å². The number of hydrazine groups is 1. The smallest absolute Gasteiger partial charge is 0.322 e. The molecule has 9 heteroatoms. The Hall–Kier alpha value is -3.23. The Morgan fingerprint density at radius 2 is 1.82 bits per heavy atom. The predicted octanol–water partition coefficient (Wildman–Crippen LogP) is 3.43. The molecule has 4 amide bonds. The van der Waals surface area contributed by atoms with Gasteiger partial charge in [-0.1, -0.05) is 13.3 Å². The molecule has 2 fully saturated rings. The van der Waals surface area contributed by atoms with E-state index in [0.717, 1.165) is 54.8 Å². The van der Waals surface area contributed by atoms with E-state index >= 15 is 0 Å². The van der Waals surface area contributed by atoms with Gasteiger partial charge in [0, 0.05) is 11.3 Å². The van der Waals surface area contributed by atoms with Crippen LogP contribution in [-0.2, 0) is 17.6 Å². The number of hydrogen-bond donors (Lipinski definition) is 2. The van der Waals surface area contributed by atoms with Crippen LogP contribution >= 0.6 is 0 Å². The van der Waals surface area contributed by atoms with E-state index in [1.165, 1.54) is 12.1 Å². The van der Waals surface area contributed by atoms with Crippen molar-refractivity contribution in [2.45, 2.75) is 70.3 Å². The van der Waals surface area contributed by atoms with Crippen LogP contribution in [0.5, 0.6) is 0 Å². The molecule has 1 aromatic heterocycles. The summed E-state index contributed by atoms with van der Waals surface area (Å²) < 4.78 is 15.1. The molecule has 33 heavy (non-hydrogen) atoms. The van der Waals surface area contributed by atoms with Gasteiger partial charge in [0.25, 0.3) is 11.8 Å². The zero-order chi connectivity index (χ0) is 23.2. The van der Waals surface area contributed by atoms with Crippen molar-refractivity contribution in [3.05, 3.63) is 47.0 Å². The lowest BCUT2D eigenvalue weighted by Crippen LogP contribution is -2.51. The monoisotopic (exact) mass is 453 g/mol. The summed E-state index contributed by atoms with van der Waals surface area (Å²) >= 11 is 0. The normalized spacial score (nSPS) is 25.0. The Kier molecular flexibility index (Phi) is 5.42. The minimum atomic E-state index is -0.929. The molecule has 2 aliphatic carbocycles. The molecule has 8 nitrogen and oxygen atoms in total. The van der Waals surface area contributed by atoms with Crippen molar-refractivity contribution in [3.63, 3.8) is 0 Å². The van der Waals surface area contributed by atoms with Crippen LogP contribution in [-0.4, -0.2) is 38.2 Å². The molecule has 1 aliphatic heterocycles. The van der Waals surface area contributed by atoms with Gasteiger partial charge in [0.05, 0.1) is 5.69 Å². The summed E-state index contributed by atoms with van der Waals surface area (Å²) in [5.74, 6) is -0.829. The van der Waals surface area contributed by atoms with Crippen LogP contribution in [0.1, 0.15) is 73.6 Å². The number of urea groups is 1. The molecule has 1 saturated carbocycles. The highest BCUT2D eigenvalue weighted by molar-refractivity contribution is 6.09. The standard InChI is InChI=1S/C24H28FN5O3/c1-15-11-13-24(14-12-15)22(32)30(23(33)26-24)28-21(31)20-18-5-3-2-4-6-19(18)29(27-20)17-9-7-16(25)8-10-17/h7-10,15H,2-6,11-14H2,1H3,(H,26,33)(H,28,31). The van der Waals surface area contributed by atoms with Crippen molar-refractivity contribution < 1.29 is 18.8 Å². The Bertz CT molecular complexity index is 1100. The third-order valence-corrected chi connectivity index (χ3v) is 7.22. The molecule has 0 bridgehead atoms. The highest BCUT2D eigenvalue weighted by atomic mass is 19.1. The lowest BCUT2D eigenvalue weighted by molar-refractivity contribution is -0.134. The summed E-state index contributed by atoms with van der Waals surface area (Å²) in [7, 11) is 0. The van der Waals surface area contributed by atoms with Gasteiger partial charge in [0.2, 0.25) is 0 Å².